The van der Waals surface area contributed by atoms with E-state index in [4.69, 9.17) is 30.5 Å². The lowest BCUT2D eigenvalue weighted by atomic mass is 9.89. The van der Waals surface area contributed by atoms with Crippen molar-refractivity contribution < 1.29 is 23.7 Å². The Balaban J connectivity index is 1.06. The summed E-state index contributed by atoms with van der Waals surface area (Å²) in [7, 11) is 3.23. The van der Waals surface area contributed by atoms with Gasteiger partial charge >= 0.3 is 0 Å². The highest BCUT2D eigenvalue weighted by atomic mass is 35.5. The van der Waals surface area contributed by atoms with Crippen molar-refractivity contribution in [1.29, 1.82) is 0 Å². The summed E-state index contributed by atoms with van der Waals surface area (Å²) in [5.41, 5.74) is 3.44. The molecule has 1 saturated carbocycles. The van der Waals surface area contributed by atoms with Gasteiger partial charge in [-0.3, -0.25) is 9.69 Å². The largest absolute Gasteiger partial charge is 0.381 e. The van der Waals surface area contributed by atoms with Crippen LogP contribution < -0.4 is 4.90 Å². The van der Waals surface area contributed by atoms with Crippen LogP contribution in [0.3, 0.4) is 0 Å². The summed E-state index contributed by atoms with van der Waals surface area (Å²) in [4.78, 5) is 24.6. The maximum atomic E-state index is 13.1. The second kappa shape index (κ2) is 17.2. The first-order chi connectivity index (χ1) is 22.4. The molecule has 1 aromatic carbocycles. The first-order valence-corrected chi connectivity index (χ1v) is 17.6. The van der Waals surface area contributed by atoms with E-state index in [1.54, 1.807) is 14.2 Å². The number of carbonyl (C=O) groups is 1. The minimum Gasteiger partial charge on any atom is -0.381 e. The Labute approximate surface area is 280 Å². The van der Waals surface area contributed by atoms with E-state index in [0.717, 1.165) is 106 Å². The molecule has 2 aliphatic heterocycles. The summed E-state index contributed by atoms with van der Waals surface area (Å²) >= 11 is 6.93. The maximum absolute atomic E-state index is 13.1. The SMILES string of the molecule is CCc1ccnc(N2CCOC3(CCN(Cc4cccc(CCOCCC(=O)N(CC(OC)OC)C5CCCC5)c4Cl)CC3)C2)c1. The Kier molecular flexibility index (Phi) is 13.1. The Morgan fingerprint density at radius 2 is 1.87 bits per heavy atom. The Morgan fingerprint density at radius 3 is 2.61 bits per heavy atom. The van der Waals surface area contributed by atoms with Crippen molar-refractivity contribution in [2.24, 2.45) is 0 Å². The van der Waals surface area contributed by atoms with Crippen molar-refractivity contribution in [3.8, 4) is 0 Å². The number of halogens is 1. The standard InChI is InChI=1S/C36H53ClN4O5/c1-4-28-12-17-38-32(24-28)40-20-23-46-36(27-40)15-18-39(19-16-36)25-30-9-7-8-29(35(30)37)13-21-45-22-14-33(42)41(26-34(43-2)44-3)31-10-5-6-11-31/h7-9,12,17,24,31,34H,4-6,10-11,13-16,18-23,25-27H2,1-3H3. The molecule has 1 spiro atoms. The smallest absolute Gasteiger partial charge is 0.225 e. The molecule has 1 aromatic heterocycles. The van der Waals surface area contributed by atoms with Crippen LogP contribution in [-0.2, 0) is 43.1 Å². The topological polar surface area (TPSA) is 76.6 Å². The fourth-order valence-corrected chi connectivity index (χ4v) is 7.45. The predicted molar refractivity (Wildman–Crippen MR) is 181 cm³/mol. The molecule has 254 valence electrons. The van der Waals surface area contributed by atoms with Crippen molar-refractivity contribution in [3.05, 3.63) is 58.2 Å². The number of morpholine rings is 1. The molecule has 1 amide bonds. The Bertz CT molecular complexity index is 1250. The maximum Gasteiger partial charge on any atom is 0.225 e. The fourth-order valence-electron chi connectivity index (χ4n) is 7.17. The first-order valence-electron chi connectivity index (χ1n) is 17.2. The zero-order chi connectivity index (χ0) is 32.4. The van der Waals surface area contributed by atoms with Gasteiger partial charge in [0.2, 0.25) is 5.91 Å². The summed E-state index contributed by atoms with van der Waals surface area (Å²) in [5.74, 6) is 1.17. The molecule has 0 radical (unpaired) electrons. The minimum absolute atomic E-state index is 0.100. The summed E-state index contributed by atoms with van der Waals surface area (Å²) in [6.07, 6.45) is 9.99. The molecule has 5 rings (SSSR count). The molecule has 1 aliphatic carbocycles. The van der Waals surface area contributed by atoms with Gasteiger partial charge in [-0.15, -0.1) is 0 Å². The predicted octanol–water partition coefficient (Wildman–Crippen LogP) is 5.51. The first kappa shape index (κ1) is 35.0. The van der Waals surface area contributed by atoms with Gasteiger partial charge in [0, 0.05) is 64.2 Å². The summed E-state index contributed by atoms with van der Waals surface area (Å²) in [5, 5.41) is 0.821. The van der Waals surface area contributed by atoms with Crippen molar-refractivity contribution >= 4 is 23.3 Å². The quantitative estimate of drug-likeness (QED) is 0.184. The van der Waals surface area contributed by atoms with Crippen molar-refractivity contribution in [2.75, 3.05) is 71.7 Å². The van der Waals surface area contributed by atoms with Crippen molar-refractivity contribution in [2.45, 2.75) is 89.2 Å². The summed E-state index contributed by atoms with van der Waals surface area (Å²) in [6, 6.07) is 10.9. The van der Waals surface area contributed by atoms with E-state index in [1.807, 2.05) is 11.1 Å². The highest BCUT2D eigenvalue weighted by molar-refractivity contribution is 6.32. The summed E-state index contributed by atoms with van der Waals surface area (Å²) in [6.45, 7) is 8.83. The number of pyridine rings is 1. The second-order valence-electron chi connectivity index (χ2n) is 13.0. The lowest BCUT2D eigenvalue weighted by Gasteiger charge is -2.47. The van der Waals surface area contributed by atoms with Gasteiger partial charge in [-0.1, -0.05) is 49.6 Å². The van der Waals surface area contributed by atoms with E-state index in [2.05, 4.69) is 52.0 Å². The van der Waals surface area contributed by atoms with Crippen LogP contribution >= 0.6 is 11.6 Å². The highest BCUT2D eigenvalue weighted by Crippen LogP contribution is 2.33. The molecule has 3 aliphatic rings. The number of rotatable bonds is 15. The monoisotopic (exact) mass is 656 g/mol. The zero-order valence-electron chi connectivity index (χ0n) is 28.1. The molecule has 3 heterocycles. The van der Waals surface area contributed by atoms with E-state index in [9.17, 15) is 4.79 Å². The van der Waals surface area contributed by atoms with Gasteiger partial charge in [0.05, 0.1) is 38.4 Å². The van der Waals surface area contributed by atoms with Gasteiger partial charge in [0.25, 0.3) is 0 Å². The van der Waals surface area contributed by atoms with Gasteiger partial charge in [-0.2, -0.15) is 0 Å². The van der Waals surface area contributed by atoms with E-state index >= 15 is 0 Å². The van der Waals surface area contributed by atoms with Crippen LogP contribution in [0.5, 0.6) is 0 Å². The third-order valence-electron chi connectivity index (χ3n) is 10.0. The van der Waals surface area contributed by atoms with Crippen molar-refractivity contribution in [1.82, 2.24) is 14.8 Å². The van der Waals surface area contributed by atoms with Crippen LogP contribution in [0.15, 0.2) is 36.5 Å². The van der Waals surface area contributed by atoms with Crippen LogP contribution in [0.25, 0.3) is 0 Å². The van der Waals surface area contributed by atoms with Gasteiger partial charge in [-0.05, 0) is 67.3 Å². The number of likely N-dealkylation sites (tertiary alicyclic amines) is 1. The molecule has 0 unspecified atom stereocenters. The van der Waals surface area contributed by atoms with Crippen LogP contribution in [-0.4, -0.2) is 105 Å². The van der Waals surface area contributed by atoms with Crippen LogP contribution in [0.4, 0.5) is 5.82 Å². The van der Waals surface area contributed by atoms with Gasteiger partial charge in [-0.25, -0.2) is 4.98 Å². The molecule has 0 atom stereocenters. The zero-order valence-corrected chi connectivity index (χ0v) is 28.8. The number of carbonyl (C=O) groups excluding carboxylic acids is 1. The van der Waals surface area contributed by atoms with Crippen LogP contribution in [0.1, 0.15) is 68.6 Å². The number of aromatic nitrogens is 1. The van der Waals surface area contributed by atoms with Gasteiger partial charge in [0.1, 0.15) is 5.82 Å². The fraction of sp³-hybridized carbons (Fsp3) is 0.667. The summed E-state index contributed by atoms with van der Waals surface area (Å²) < 4.78 is 23.1. The highest BCUT2D eigenvalue weighted by Gasteiger charge is 2.40. The number of ether oxygens (including phenoxy) is 4. The number of piperidine rings is 1. The van der Waals surface area contributed by atoms with E-state index < -0.39 is 6.29 Å². The second-order valence-corrected chi connectivity index (χ2v) is 13.4. The lowest BCUT2D eigenvalue weighted by Crippen LogP contribution is -2.57. The molecule has 0 bridgehead atoms. The Hall–Kier alpha value is -2.27. The number of hydrogen-bond donors (Lipinski definition) is 0. The van der Waals surface area contributed by atoms with Gasteiger partial charge in [0.15, 0.2) is 6.29 Å². The number of amides is 1. The molecule has 9 nitrogen and oxygen atoms in total. The van der Waals surface area contributed by atoms with Crippen LogP contribution in [0, 0.1) is 0 Å². The molecule has 46 heavy (non-hydrogen) atoms. The number of aryl methyl sites for hydroxylation is 1. The number of hydrogen-bond acceptors (Lipinski definition) is 8. The molecule has 2 saturated heterocycles. The van der Waals surface area contributed by atoms with E-state index in [1.165, 1.54) is 5.56 Å². The average molecular weight is 657 g/mol. The average Bonchev–Trinajstić information content (AvgIpc) is 3.63. The van der Waals surface area contributed by atoms with E-state index in [-0.39, 0.29) is 17.6 Å². The van der Waals surface area contributed by atoms with Crippen molar-refractivity contribution in [3.63, 3.8) is 0 Å². The number of methoxy groups -OCH3 is 2. The third-order valence-corrected chi connectivity index (χ3v) is 10.5. The molecule has 0 N–H and O–H groups in total. The van der Waals surface area contributed by atoms with Crippen LogP contribution in [0.2, 0.25) is 5.02 Å². The minimum atomic E-state index is -0.414. The van der Waals surface area contributed by atoms with Gasteiger partial charge < -0.3 is 28.7 Å². The number of nitrogens with zero attached hydrogens (tertiary/aromatic N) is 4. The Morgan fingerprint density at radius 1 is 1.11 bits per heavy atom. The lowest BCUT2D eigenvalue weighted by molar-refractivity contribution is -0.150. The van der Waals surface area contributed by atoms with E-state index in [0.29, 0.717) is 32.6 Å². The number of anilines is 1. The third kappa shape index (κ3) is 9.20. The molecule has 2 aromatic rings. The molecular formula is C36H53ClN4O5. The molecule has 10 heteroatoms. The normalized spacial score (nSPS) is 18.9. The molecular weight excluding hydrogens is 604 g/mol. The molecule has 3 fully saturated rings. The number of benzene rings is 1.